The molecule has 0 aliphatic carbocycles. The SMILES string of the molecule is O=C(Nc1nnc(SCc2ccc(F)cc2)s1)C1CCCN(C(=O)c2ccoc2)C1. The van der Waals surface area contributed by atoms with Gasteiger partial charge in [-0.3, -0.25) is 9.59 Å². The van der Waals surface area contributed by atoms with Crippen molar-refractivity contribution in [3.63, 3.8) is 0 Å². The number of rotatable bonds is 6. The van der Waals surface area contributed by atoms with Crippen molar-refractivity contribution in [3.05, 3.63) is 59.8 Å². The molecule has 1 aromatic carbocycles. The number of halogens is 1. The summed E-state index contributed by atoms with van der Waals surface area (Å²) in [6.07, 6.45) is 4.35. The van der Waals surface area contributed by atoms with Crippen LogP contribution in [-0.4, -0.2) is 40.0 Å². The summed E-state index contributed by atoms with van der Waals surface area (Å²) in [6, 6.07) is 7.93. The second-order valence-electron chi connectivity index (χ2n) is 6.88. The molecule has 1 fully saturated rings. The molecule has 0 spiro atoms. The van der Waals surface area contributed by atoms with Crippen molar-refractivity contribution in [2.75, 3.05) is 18.4 Å². The fourth-order valence-electron chi connectivity index (χ4n) is 3.20. The fourth-order valence-corrected chi connectivity index (χ4v) is 4.91. The van der Waals surface area contributed by atoms with Crippen molar-refractivity contribution in [2.24, 2.45) is 5.92 Å². The number of thioether (sulfide) groups is 1. The molecule has 3 heterocycles. The Morgan fingerprint density at radius 2 is 2.10 bits per heavy atom. The summed E-state index contributed by atoms with van der Waals surface area (Å²) < 4.78 is 18.7. The van der Waals surface area contributed by atoms with Gasteiger partial charge in [-0.2, -0.15) is 0 Å². The number of nitrogens with one attached hydrogen (secondary N) is 1. The Morgan fingerprint density at radius 3 is 2.87 bits per heavy atom. The van der Waals surface area contributed by atoms with Gasteiger partial charge in [-0.15, -0.1) is 10.2 Å². The molecule has 7 nitrogen and oxygen atoms in total. The first kappa shape index (κ1) is 20.5. The number of carbonyl (C=O) groups excluding carboxylic acids is 2. The minimum absolute atomic E-state index is 0.128. The van der Waals surface area contributed by atoms with E-state index in [2.05, 4.69) is 15.5 Å². The minimum atomic E-state index is -0.297. The van der Waals surface area contributed by atoms with Crippen molar-refractivity contribution in [1.29, 1.82) is 0 Å². The molecule has 156 valence electrons. The summed E-state index contributed by atoms with van der Waals surface area (Å²) >= 11 is 2.77. The maximum atomic E-state index is 13.0. The fraction of sp³-hybridized carbons (Fsp3) is 0.300. The standard InChI is InChI=1S/C20H19FN4O3S2/c21-16-5-3-13(4-6-16)12-29-20-24-23-19(30-20)22-17(26)14-2-1-8-25(10-14)18(27)15-7-9-28-11-15/h3-7,9,11,14H,1-2,8,10,12H2,(H,22,23,26). The molecule has 2 amide bonds. The highest BCUT2D eigenvalue weighted by Crippen LogP contribution is 2.29. The van der Waals surface area contributed by atoms with Crippen LogP contribution < -0.4 is 5.32 Å². The predicted molar refractivity (Wildman–Crippen MR) is 112 cm³/mol. The van der Waals surface area contributed by atoms with Gasteiger partial charge in [0.1, 0.15) is 12.1 Å². The molecule has 1 aliphatic heterocycles. The zero-order valence-corrected chi connectivity index (χ0v) is 17.5. The summed E-state index contributed by atoms with van der Waals surface area (Å²) in [4.78, 5) is 26.8. The first-order chi connectivity index (χ1) is 14.6. The molecule has 30 heavy (non-hydrogen) atoms. The number of carbonyl (C=O) groups is 2. The number of hydrogen-bond donors (Lipinski definition) is 1. The van der Waals surface area contributed by atoms with Crippen LogP contribution in [0.5, 0.6) is 0 Å². The van der Waals surface area contributed by atoms with Gasteiger partial charge in [-0.1, -0.05) is 35.2 Å². The molecular formula is C20H19FN4O3S2. The molecule has 1 unspecified atom stereocenters. The predicted octanol–water partition coefficient (Wildman–Crippen LogP) is 4.05. The zero-order chi connectivity index (χ0) is 20.9. The lowest BCUT2D eigenvalue weighted by Crippen LogP contribution is -2.43. The van der Waals surface area contributed by atoms with Crippen LogP contribution in [0.25, 0.3) is 0 Å². The molecular weight excluding hydrogens is 427 g/mol. The number of aromatic nitrogens is 2. The molecule has 0 radical (unpaired) electrons. The average molecular weight is 447 g/mol. The summed E-state index contributed by atoms with van der Waals surface area (Å²) in [6.45, 7) is 0.984. The Hall–Kier alpha value is -2.72. The van der Waals surface area contributed by atoms with Gasteiger partial charge in [0.25, 0.3) is 5.91 Å². The zero-order valence-electron chi connectivity index (χ0n) is 15.9. The molecule has 3 aromatic rings. The monoisotopic (exact) mass is 446 g/mol. The van der Waals surface area contributed by atoms with Crippen LogP contribution >= 0.6 is 23.1 Å². The van der Waals surface area contributed by atoms with Gasteiger partial charge in [0.15, 0.2) is 4.34 Å². The van der Waals surface area contributed by atoms with Gasteiger partial charge >= 0.3 is 0 Å². The summed E-state index contributed by atoms with van der Waals surface area (Å²) in [7, 11) is 0. The first-order valence-electron chi connectivity index (χ1n) is 9.41. The van der Waals surface area contributed by atoms with Crippen LogP contribution in [0.2, 0.25) is 0 Å². The summed E-state index contributed by atoms with van der Waals surface area (Å²) in [5.74, 6) is -0.217. The third-order valence-electron chi connectivity index (χ3n) is 4.76. The normalized spacial score (nSPS) is 16.4. The van der Waals surface area contributed by atoms with Gasteiger partial charge in [0.05, 0.1) is 17.7 Å². The van der Waals surface area contributed by atoms with Crippen molar-refractivity contribution in [2.45, 2.75) is 22.9 Å². The lowest BCUT2D eigenvalue weighted by atomic mass is 9.97. The van der Waals surface area contributed by atoms with Gasteiger partial charge < -0.3 is 14.6 Å². The van der Waals surface area contributed by atoms with E-state index in [1.54, 1.807) is 23.1 Å². The smallest absolute Gasteiger partial charge is 0.257 e. The Kier molecular flexibility index (Phi) is 6.44. The van der Waals surface area contributed by atoms with E-state index in [4.69, 9.17) is 4.42 Å². The summed E-state index contributed by atoms with van der Waals surface area (Å²) in [5, 5.41) is 11.4. The number of anilines is 1. The molecule has 1 N–H and O–H groups in total. The quantitative estimate of drug-likeness (QED) is 0.454. The van der Waals surface area contributed by atoms with Crippen molar-refractivity contribution in [3.8, 4) is 0 Å². The van der Waals surface area contributed by atoms with E-state index in [0.717, 1.165) is 16.3 Å². The number of amides is 2. The molecule has 0 saturated carbocycles. The molecule has 1 atom stereocenters. The van der Waals surface area contributed by atoms with E-state index in [0.29, 0.717) is 36.0 Å². The molecule has 1 saturated heterocycles. The Balaban J connectivity index is 1.30. The number of furan rings is 1. The topological polar surface area (TPSA) is 88.3 Å². The van der Waals surface area contributed by atoms with Crippen LogP contribution in [-0.2, 0) is 10.5 Å². The maximum absolute atomic E-state index is 13.0. The molecule has 10 heteroatoms. The molecule has 0 bridgehead atoms. The second kappa shape index (κ2) is 9.40. The Bertz CT molecular complexity index is 1010. The average Bonchev–Trinajstić information content (AvgIpc) is 3.45. The van der Waals surface area contributed by atoms with E-state index in [9.17, 15) is 14.0 Å². The highest BCUT2D eigenvalue weighted by atomic mass is 32.2. The van der Waals surface area contributed by atoms with Gasteiger partial charge in [-0.05, 0) is 36.6 Å². The third-order valence-corrected chi connectivity index (χ3v) is 6.80. The number of piperidine rings is 1. The van der Waals surface area contributed by atoms with Crippen molar-refractivity contribution < 1.29 is 18.4 Å². The number of hydrogen-bond acceptors (Lipinski definition) is 7. The van der Waals surface area contributed by atoms with Crippen molar-refractivity contribution >= 4 is 40.0 Å². The maximum Gasteiger partial charge on any atom is 0.257 e. The number of likely N-dealkylation sites (tertiary alicyclic amines) is 1. The van der Waals surface area contributed by atoms with Crippen LogP contribution in [0.1, 0.15) is 28.8 Å². The van der Waals surface area contributed by atoms with Crippen LogP contribution in [0, 0.1) is 11.7 Å². The Labute approximate surface area is 180 Å². The lowest BCUT2D eigenvalue weighted by molar-refractivity contribution is -0.121. The van der Waals surface area contributed by atoms with Gasteiger partial charge in [0, 0.05) is 18.8 Å². The van der Waals surface area contributed by atoms with E-state index >= 15 is 0 Å². The summed E-state index contributed by atoms with van der Waals surface area (Å²) in [5.41, 5.74) is 1.47. The van der Waals surface area contributed by atoms with Gasteiger partial charge in [-0.25, -0.2) is 4.39 Å². The third kappa shape index (κ3) is 5.06. The van der Waals surface area contributed by atoms with Crippen LogP contribution in [0.3, 0.4) is 0 Å². The van der Waals surface area contributed by atoms with E-state index < -0.39 is 0 Å². The van der Waals surface area contributed by atoms with Crippen LogP contribution in [0.15, 0.2) is 51.6 Å². The largest absolute Gasteiger partial charge is 0.472 e. The molecule has 2 aromatic heterocycles. The number of nitrogens with zero attached hydrogens (tertiary/aromatic N) is 3. The van der Waals surface area contributed by atoms with E-state index in [-0.39, 0.29) is 23.5 Å². The molecule has 4 rings (SSSR count). The van der Waals surface area contributed by atoms with Crippen LogP contribution in [0.4, 0.5) is 9.52 Å². The van der Waals surface area contributed by atoms with E-state index in [1.165, 1.54) is 47.8 Å². The highest BCUT2D eigenvalue weighted by molar-refractivity contribution is 8.00. The highest BCUT2D eigenvalue weighted by Gasteiger charge is 2.29. The minimum Gasteiger partial charge on any atom is -0.472 e. The molecule has 1 aliphatic rings. The van der Waals surface area contributed by atoms with Gasteiger partial charge in [0.2, 0.25) is 11.0 Å². The van der Waals surface area contributed by atoms with E-state index in [1.807, 2.05) is 0 Å². The lowest BCUT2D eigenvalue weighted by Gasteiger charge is -2.31. The Morgan fingerprint density at radius 1 is 1.27 bits per heavy atom. The first-order valence-corrected chi connectivity index (χ1v) is 11.2. The number of benzene rings is 1. The second-order valence-corrected chi connectivity index (χ2v) is 9.08. The van der Waals surface area contributed by atoms with Crippen molar-refractivity contribution in [1.82, 2.24) is 15.1 Å².